The third-order valence-corrected chi connectivity index (χ3v) is 3.78. The highest BCUT2D eigenvalue weighted by Crippen LogP contribution is 2.18. The van der Waals surface area contributed by atoms with Crippen molar-refractivity contribution in [3.8, 4) is 5.75 Å². The smallest absolute Gasteiger partial charge is 0.328 e. The second-order valence-electron chi connectivity index (χ2n) is 5.90. The number of halogens is 1. The Bertz CT molecular complexity index is 903. The van der Waals surface area contributed by atoms with Crippen molar-refractivity contribution >= 4 is 35.7 Å². The topological polar surface area (TPSA) is 165 Å². The second-order valence-corrected chi connectivity index (χ2v) is 5.90. The number of nitrogens with zero attached hydrogens (tertiary/aromatic N) is 2. The zero-order chi connectivity index (χ0) is 21.4. The van der Waals surface area contributed by atoms with Crippen molar-refractivity contribution in [2.45, 2.75) is 25.5 Å². The van der Waals surface area contributed by atoms with Crippen molar-refractivity contribution in [2.24, 2.45) is 5.73 Å². The summed E-state index contributed by atoms with van der Waals surface area (Å²) < 4.78 is 10.0. The molecule has 0 amide bonds. The monoisotopic (exact) mass is 439 g/mol. The van der Waals surface area contributed by atoms with E-state index in [9.17, 15) is 29.8 Å². The van der Waals surface area contributed by atoms with Crippen LogP contribution < -0.4 is 10.5 Å². The van der Waals surface area contributed by atoms with E-state index >= 15 is 0 Å². The molecule has 0 fully saturated rings. The fraction of sp³-hybridized carbons (Fsp3) is 0.222. The molecule has 0 aliphatic carbocycles. The molecule has 0 aliphatic rings. The standard InChI is InChI=1S/C18H17N3O8.ClH/c19-16(18(23)29-15-7-5-14(6-8-15)21(26)27)9-10-17(22)28-11-12-1-3-13(4-2-12)20(24)25;/h1-8,16H,9-11,19H2;1H. The fourth-order valence-electron chi connectivity index (χ4n) is 2.17. The van der Waals surface area contributed by atoms with Gasteiger partial charge in [0, 0.05) is 30.7 Å². The van der Waals surface area contributed by atoms with E-state index in [0.717, 1.165) is 0 Å². The van der Waals surface area contributed by atoms with Crippen LogP contribution in [0.25, 0.3) is 0 Å². The van der Waals surface area contributed by atoms with Gasteiger partial charge in [0.2, 0.25) is 0 Å². The van der Waals surface area contributed by atoms with E-state index in [2.05, 4.69) is 0 Å². The van der Waals surface area contributed by atoms with Crippen LogP contribution in [0.15, 0.2) is 48.5 Å². The van der Waals surface area contributed by atoms with E-state index in [1.807, 2.05) is 0 Å². The number of nitro groups is 2. The summed E-state index contributed by atoms with van der Waals surface area (Å²) in [7, 11) is 0. The number of benzene rings is 2. The second kappa shape index (κ2) is 11.4. The van der Waals surface area contributed by atoms with E-state index in [1.165, 1.54) is 48.5 Å². The number of hydrogen-bond donors (Lipinski definition) is 1. The van der Waals surface area contributed by atoms with Gasteiger partial charge in [-0.3, -0.25) is 25.0 Å². The van der Waals surface area contributed by atoms with Crippen molar-refractivity contribution in [1.82, 2.24) is 0 Å². The van der Waals surface area contributed by atoms with Gasteiger partial charge in [-0.25, -0.2) is 4.79 Å². The van der Waals surface area contributed by atoms with E-state index in [0.29, 0.717) is 5.56 Å². The Morgan fingerprint density at radius 2 is 1.43 bits per heavy atom. The third-order valence-electron chi connectivity index (χ3n) is 3.78. The summed E-state index contributed by atoms with van der Waals surface area (Å²) in [5, 5.41) is 21.2. The highest BCUT2D eigenvalue weighted by Gasteiger charge is 2.18. The molecule has 11 nitrogen and oxygen atoms in total. The van der Waals surface area contributed by atoms with E-state index in [1.54, 1.807) is 0 Å². The van der Waals surface area contributed by atoms with Crippen LogP contribution in [0, 0.1) is 20.2 Å². The lowest BCUT2D eigenvalue weighted by Crippen LogP contribution is -2.34. The molecule has 0 saturated carbocycles. The molecule has 2 aromatic carbocycles. The summed E-state index contributed by atoms with van der Waals surface area (Å²) in [5.41, 5.74) is 6.04. The Morgan fingerprint density at radius 1 is 0.933 bits per heavy atom. The molecular formula is C18H18ClN3O8. The lowest BCUT2D eigenvalue weighted by Gasteiger charge is -2.11. The number of carbonyl (C=O) groups is 2. The Morgan fingerprint density at radius 3 is 1.93 bits per heavy atom. The van der Waals surface area contributed by atoms with Crippen LogP contribution in [-0.2, 0) is 20.9 Å². The van der Waals surface area contributed by atoms with Crippen LogP contribution in [0.4, 0.5) is 11.4 Å². The number of ether oxygens (including phenoxy) is 2. The molecule has 0 bridgehead atoms. The largest absolute Gasteiger partial charge is 0.461 e. The van der Waals surface area contributed by atoms with E-state index in [-0.39, 0.29) is 49.0 Å². The first kappa shape index (κ1) is 24.5. The van der Waals surface area contributed by atoms with Crippen LogP contribution >= 0.6 is 12.4 Å². The predicted molar refractivity (Wildman–Crippen MR) is 106 cm³/mol. The lowest BCUT2D eigenvalue weighted by molar-refractivity contribution is -0.385. The van der Waals surface area contributed by atoms with Gasteiger partial charge < -0.3 is 15.2 Å². The number of non-ortho nitro benzene ring substituents is 2. The number of nitro benzene ring substituents is 2. The summed E-state index contributed by atoms with van der Waals surface area (Å²) in [4.78, 5) is 43.7. The van der Waals surface area contributed by atoms with Gasteiger partial charge in [-0.15, -0.1) is 12.4 Å². The first-order chi connectivity index (χ1) is 13.8. The maximum absolute atomic E-state index is 11.9. The van der Waals surface area contributed by atoms with Crippen molar-refractivity contribution in [2.75, 3.05) is 0 Å². The number of hydrogen-bond acceptors (Lipinski definition) is 9. The fourth-order valence-corrected chi connectivity index (χ4v) is 2.17. The minimum Gasteiger partial charge on any atom is -0.461 e. The molecule has 0 spiro atoms. The lowest BCUT2D eigenvalue weighted by atomic mass is 10.1. The maximum atomic E-state index is 11.9. The maximum Gasteiger partial charge on any atom is 0.328 e. The Hall–Kier alpha value is -3.57. The van der Waals surface area contributed by atoms with E-state index in [4.69, 9.17) is 15.2 Å². The number of carbonyl (C=O) groups excluding carboxylic acids is 2. The van der Waals surface area contributed by atoms with Gasteiger partial charge in [0.1, 0.15) is 18.4 Å². The van der Waals surface area contributed by atoms with Gasteiger partial charge in [-0.1, -0.05) is 0 Å². The molecule has 12 heteroatoms. The average molecular weight is 440 g/mol. The van der Waals surface area contributed by atoms with Crippen LogP contribution in [0.1, 0.15) is 18.4 Å². The summed E-state index contributed by atoms with van der Waals surface area (Å²) in [6.45, 7) is -0.0701. The van der Waals surface area contributed by atoms with Crippen molar-refractivity contribution < 1.29 is 28.9 Å². The van der Waals surface area contributed by atoms with Crippen LogP contribution in [-0.4, -0.2) is 27.8 Å². The molecule has 0 aliphatic heterocycles. The minimum atomic E-state index is -1.09. The molecule has 0 aromatic heterocycles. The summed E-state index contributed by atoms with van der Waals surface area (Å²) in [5.74, 6) is -1.29. The van der Waals surface area contributed by atoms with Crippen molar-refractivity contribution in [3.05, 3.63) is 74.3 Å². The molecule has 2 aromatic rings. The van der Waals surface area contributed by atoms with Crippen LogP contribution in [0.5, 0.6) is 5.75 Å². The van der Waals surface area contributed by atoms with Gasteiger partial charge in [-0.2, -0.15) is 0 Å². The minimum absolute atomic E-state index is 0. The molecule has 2 N–H and O–H groups in total. The third kappa shape index (κ3) is 7.45. The number of nitrogens with two attached hydrogens (primary N) is 1. The van der Waals surface area contributed by atoms with Crippen molar-refractivity contribution in [1.29, 1.82) is 0 Å². The molecule has 1 atom stereocenters. The molecule has 2 rings (SSSR count). The Balaban J connectivity index is 0.00000450. The predicted octanol–water partition coefficient (Wildman–Crippen LogP) is 2.68. The zero-order valence-electron chi connectivity index (χ0n) is 15.5. The van der Waals surface area contributed by atoms with Crippen LogP contribution in [0.3, 0.4) is 0 Å². The Kier molecular flexibility index (Phi) is 9.33. The Labute approximate surface area is 176 Å². The number of rotatable bonds is 9. The van der Waals surface area contributed by atoms with E-state index < -0.39 is 27.8 Å². The molecule has 160 valence electrons. The highest BCUT2D eigenvalue weighted by molar-refractivity contribution is 5.85. The number of esters is 2. The molecule has 1 unspecified atom stereocenters. The molecule has 0 saturated heterocycles. The normalized spacial score (nSPS) is 11.0. The molecular weight excluding hydrogens is 422 g/mol. The molecule has 0 heterocycles. The zero-order valence-corrected chi connectivity index (χ0v) is 16.3. The van der Waals surface area contributed by atoms with Gasteiger partial charge in [0.15, 0.2) is 0 Å². The molecule has 0 radical (unpaired) electrons. The molecule has 30 heavy (non-hydrogen) atoms. The summed E-state index contributed by atoms with van der Waals surface area (Å²) >= 11 is 0. The average Bonchev–Trinajstić information content (AvgIpc) is 2.71. The van der Waals surface area contributed by atoms with Gasteiger partial charge in [-0.05, 0) is 36.2 Å². The van der Waals surface area contributed by atoms with Crippen molar-refractivity contribution in [3.63, 3.8) is 0 Å². The highest BCUT2D eigenvalue weighted by atomic mass is 35.5. The first-order valence-corrected chi connectivity index (χ1v) is 8.37. The summed E-state index contributed by atoms with van der Waals surface area (Å²) in [6, 6.07) is 9.35. The van der Waals surface area contributed by atoms with Gasteiger partial charge in [0.05, 0.1) is 9.85 Å². The SMILES string of the molecule is Cl.NC(CCC(=O)OCc1ccc([N+](=O)[O-])cc1)C(=O)Oc1ccc([N+](=O)[O-])cc1. The van der Waals surface area contributed by atoms with Gasteiger partial charge in [0.25, 0.3) is 11.4 Å². The van der Waals surface area contributed by atoms with Gasteiger partial charge >= 0.3 is 11.9 Å². The quantitative estimate of drug-likeness (QED) is 0.267. The van der Waals surface area contributed by atoms with Crippen LogP contribution in [0.2, 0.25) is 0 Å². The first-order valence-electron chi connectivity index (χ1n) is 8.37. The summed E-state index contributed by atoms with van der Waals surface area (Å²) in [6.07, 6.45) is -0.158.